The number of furan rings is 1. The maximum Gasteiger partial charge on any atom is 0.262 e. The molecule has 18 heavy (non-hydrogen) atoms. The van der Waals surface area contributed by atoms with E-state index in [1.165, 1.54) is 10.8 Å². The smallest absolute Gasteiger partial charge is 0.262 e. The molecule has 0 aliphatic carbocycles. The highest BCUT2D eigenvalue weighted by Crippen LogP contribution is 2.10. The molecule has 0 saturated heterocycles. The minimum atomic E-state index is -0.127. The van der Waals surface area contributed by atoms with Gasteiger partial charge in [-0.05, 0) is 12.1 Å². The molecule has 0 N–H and O–H groups in total. The molecule has 6 heteroatoms. The fraction of sp³-hybridized carbons (Fsp3) is 0.250. The van der Waals surface area contributed by atoms with Crippen molar-refractivity contribution in [2.45, 2.75) is 19.9 Å². The van der Waals surface area contributed by atoms with Gasteiger partial charge in [-0.3, -0.25) is 4.79 Å². The van der Waals surface area contributed by atoms with Crippen molar-refractivity contribution in [1.82, 2.24) is 14.8 Å². The second-order valence-electron chi connectivity index (χ2n) is 3.89. The summed E-state index contributed by atoms with van der Waals surface area (Å²) >= 11 is 0. The van der Waals surface area contributed by atoms with Crippen molar-refractivity contribution in [2.24, 2.45) is 0 Å². The lowest BCUT2D eigenvalue weighted by molar-refractivity contribution is 0.440. The normalized spacial score (nSPS) is 11.2. The Morgan fingerprint density at radius 3 is 2.89 bits per heavy atom. The average molecular weight is 245 g/mol. The van der Waals surface area contributed by atoms with Crippen LogP contribution in [-0.4, -0.2) is 14.8 Å². The zero-order valence-electron chi connectivity index (χ0n) is 9.79. The number of aryl methyl sites for hydroxylation is 1. The quantitative estimate of drug-likeness (QED) is 0.700. The van der Waals surface area contributed by atoms with Gasteiger partial charge >= 0.3 is 0 Å². The first-order chi connectivity index (χ1) is 8.78. The Labute approximate surface area is 102 Å². The zero-order valence-corrected chi connectivity index (χ0v) is 9.79. The third-order valence-electron chi connectivity index (χ3n) is 2.71. The Hall–Kier alpha value is -2.37. The van der Waals surface area contributed by atoms with Gasteiger partial charge in [0.2, 0.25) is 11.8 Å². The number of rotatable bonds is 3. The zero-order chi connectivity index (χ0) is 12.5. The first-order valence-electron chi connectivity index (χ1n) is 5.66. The molecule has 3 rings (SSSR count). The SMILES string of the molecule is CCc1nnc(Cn2ccc3occc3c2=O)o1. The van der Waals surface area contributed by atoms with Crippen LogP contribution < -0.4 is 5.56 Å². The number of fused-ring (bicyclic) bond motifs is 1. The van der Waals surface area contributed by atoms with Gasteiger partial charge in [-0.1, -0.05) is 6.92 Å². The summed E-state index contributed by atoms with van der Waals surface area (Å²) in [5, 5.41) is 8.30. The molecule has 0 atom stereocenters. The van der Waals surface area contributed by atoms with Crippen LogP contribution in [0.15, 0.2) is 38.2 Å². The minimum Gasteiger partial charge on any atom is -0.464 e. The Morgan fingerprint density at radius 1 is 1.28 bits per heavy atom. The number of nitrogens with zero attached hydrogens (tertiary/aromatic N) is 3. The second kappa shape index (κ2) is 4.14. The predicted octanol–water partition coefficient (Wildman–Crippen LogP) is 1.59. The molecular weight excluding hydrogens is 234 g/mol. The third-order valence-corrected chi connectivity index (χ3v) is 2.71. The van der Waals surface area contributed by atoms with Crippen LogP contribution in [0.3, 0.4) is 0 Å². The van der Waals surface area contributed by atoms with E-state index in [4.69, 9.17) is 8.83 Å². The van der Waals surface area contributed by atoms with E-state index >= 15 is 0 Å². The van der Waals surface area contributed by atoms with E-state index in [9.17, 15) is 4.79 Å². The van der Waals surface area contributed by atoms with Crippen molar-refractivity contribution in [2.75, 3.05) is 0 Å². The van der Waals surface area contributed by atoms with E-state index in [0.29, 0.717) is 29.2 Å². The van der Waals surface area contributed by atoms with E-state index in [1.807, 2.05) is 6.92 Å². The van der Waals surface area contributed by atoms with E-state index in [-0.39, 0.29) is 12.1 Å². The van der Waals surface area contributed by atoms with Crippen LogP contribution >= 0.6 is 0 Å². The van der Waals surface area contributed by atoms with E-state index in [0.717, 1.165) is 0 Å². The van der Waals surface area contributed by atoms with Crippen LogP contribution in [0, 0.1) is 0 Å². The predicted molar refractivity (Wildman–Crippen MR) is 63.3 cm³/mol. The van der Waals surface area contributed by atoms with E-state index < -0.39 is 0 Å². The topological polar surface area (TPSA) is 74.1 Å². The maximum absolute atomic E-state index is 12.1. The number of hydrogen-bond acceptors (Lipinski definition) is 5. The molecule has 0 bridgehead atoms. The van der Waals surface area contributed by atoms with Gasteiger partial charge in [0.05, 0.1) is 11.6 Å². The number of hydrogen-bond donors (Lipinski definition) is 0. The third kappa shape index (κ3) is 1.71. The molecule has 3 aromatic rings. The van der Waals surface area contributed by atoms with Crippen LogP contribution in [-0.2, 0) is 13.0 Å². The van der Waals surface area contributed by atoms with Gasteiger partial charge in [-0.2, -0.15) is 0 Å². The minimum absolute atomic E-state index is 0.127. The molecule has 92 valence electrons. The van der Waals surface area contributed by atoms with E-state index in [2.05, 4.69) is 10.2 Å². The second-order valence-corrected chi connectivity index (χ2v) is 3.89. The summed E-state index contributed by atoms with van der Waals surface area (Å²) in [5.41, 5.74) is 0.452. The van der Waals surface area contributed by atoms with Gasteiger partial charge in [0, 0.05) is 12.6 Å². The van der Waals surface area contributed by atoms with Crippen molar-refractivity contribution in [3.8, 4) is 0 Å². The largest absolute Gasteiger partial charge is 0.464 e. The van der Waals surface area contributed by atoms with Crippen LogP contribution in [0.5, 0.6) is 0 Å². The van der Waals surface area contributed by atoms with Gasteiger partial charge in [0.1, 0.15) is 12.1 Å². The standard InChI is InChI=1S/C12H11N3O3/c1-2-10-13-14-11(18-10)7-15-5-3-9-8(12(15)16)4-6-17-9/h3-6H,2,7H2,1H3. The maximum atomic E-state index is 12.1. The van der Waals surface area contributed by atoms with Crippen molar-refractivity contribution >= 4 is 11.0 Å². The Kier molecular flexibility index (Phi) is 2.47. The average Bonchev–Trinajstić information content (AvgIpc) is 3.01. The lowest BCUT2D eigenvalue weighted by Gasteiger charge is -2.01. The summed E-state index contributed by atoms with van der Waals surface area (Å²) < 4.78 is 12.1. The van der Waals surface area contributed by atoms with Crippen LogP contribution in [0.1, 0.15) is 18.7 Å². The van der Waals surface area contributed by atoms with Crippen molar-refractivity contribution < 1.29 is 8.83 Å². The Bertz CT molecular complexity index is 738. The van der Waals surface area contributed by atoms with Crippen molar-refractivity contribution in [3.05, 3.63) is 46.7 Å². The molecule has 0 aromatic carbocycles. The molecular formula is C12H11N3O3. The molecule has 0 aliphatic heterocycles. The van der Waals surface area contributed by atoms with Gasteiger partial charge in [0.15, 0.2) is 0 Å². The Balaban J connectivity index is 1.99. The lowest BCUT2D eigenvalue weighted by atomic mass is 10.3. The molecule has 0 aliphatic rings. The molecule has 0 amide bonds. The fourth-order valence-electron chi connectivity index (χ4n) is 1.77. The summed E-state index contributed by atoms with van der Waals surface area (Å²) in [6.45, 7) is 2.20. The molecule has 0 spiro atoms. The molecule has 0 saturated carbocycles. The lowest BCUT2D eigenvalue weighted by Crippen LogP contribution is -2.19. The van der Waals surface area contributed by atoms with Gasteiger partial charge < -0.3 is 13.4 Å². The molecule has 0 unspecified atom stereocenters. The highest BCUT2D eigenvalue weighted by molar-refractivity contribution is 5.75. The summed E-state index contributed by atoms with van der Waals surface area (Å²) in [4.78, 5) is 12.1. The molecule has 6 nitrogen and oxygen atoms in total. The van der Waals surface area contributed by atoms with Crippen molar-refractivity contribution in [3.63, 3.8) is 0 Å². The van der Waals surface area contributed by atoms with Gasteiger partial charge in [0.25, 0.3) is 5.56 Å². The Morgan fingerprint density at radius 2 is 2.11 bits per heavy atom. The first kappa shape index (κ1) is 10.8. The van der Waals surface area contributed by atoms with Gasteiger partial charge in [-0.15, -0.1) is 10.2 Å². The summed E-state index contributed by atoms with van der Waals surface area (Å²) in [6.07, 6.45) is 3.84. The number of aromatic nitrogens is 3. The van der Waals surface area contributed by atoms with E-state index in [1.54, 1.807) is 18.3 Å². The number of pyridine rings is 1. The van der Waals surface area contributed by atoms with Crippen LogP contribution in [0.25, 0.3) is 11.0 Å². The first-order valence-corrected chi connectivity index (χ1v) is 5.66. The molecule has 0 radical (unpaired) electrons. The highest BCUT2D eigenvalue weighted by Gasteiger charge is 2.09. The fourth-order valence-corrected chi connectivity index (χ4v) is 1.77. The summed E-state index contributed by atoms with van der Waals surface area (Å²) in [6, 6.07) is 3.40. The monoisotopic (exact) mass is 245 g/mol. The summed E-state index contributed by atoms with van der Waals surface area (Å²) in [7, 11) is 0. The highest BCUT2D eigenvalue weighted by atomic mass is 16.4. The van der Waals surface area contributed by atoms with Gasteiger partial charge in [-0.25, -0.2) is 0 Å². The molecule has 3 aromatic heterocycles. The molecule has 3 heterocycles. The summed E-state index contributed by atoms with van der Waals surface area (Å²) in [5.74, 6) is 0.999. The van der Waals surface area contributed by atoms with Crippen LogP contribution in [0.2, 0.25) is 0 Å². The van der Waals surface area contributed by atoms with Crippen LogP contribution in [0.4, 0.5) is 0 Å². The molecule has 0 fully saturated rings. The van der Waals surface area contributed by atoms with Crippen molar-refractivity contribution in [1.29, 1.82) is 0 Å².